The molecule has 136 valence electrons. The highest BCUT2D eigenvalue weighted by molar-refractivity contribution is 7.15. The van der Waals surface area contributed by atoms with Gasteiger partial charge in [-0.15, -0.1) is 11.3 Å². The molecule has 0 atom stereocenters. The summed E-state index contributed by atoms with van der Waals surface area (Å²) in [5, 5.41) is 10.0. The first kappa shape index (κ1) is 17.4. The number of nitrogens with one attached hydrogen (secondary N) is 1. The van der Waals surface area contributed by atoms with Crippen molar-refractivity contribution in [3.05, 3.63) is 63.5 Å². The van der Waals surface area contributed by atoms with Crippen LogP contribution in [0, 0.1) is 0 Å². The maximum absolute atomic E-state index is 12.6. The molecule has 0 aliphatic carbocycles. The molecule has 0 aliphatic heterocycles. The van der Waals surface area contributed by atoms with E-state index in [-0.39, 0.29) is 18.0 Å². The van der Waals surface area contributed by atoms with Crippen molar-refractivity contribution >= 4 is 44.9 Å². The van der Waals surface area contributed by atoms with Crippen LogP contribution in [0.25, 0.3) is 22.3 Å². The first-order chi connectivity index (χ1) is 13.0. The van der Waals surface area contributed by atoms with Crippen LogP contribution in [0.1, 0.15) is 0 Å². The molecule has 4 heterocycles. The Morgan fingerprint density at radius 1 is 1.30 bits per heavy atom. The van der Waals surface area contributed by atoms with Crippen molar-refractivity contribution in [3.63, 3.8) is 0 Å². The lowest BCUT2D eigenvalue weighted by atomic mass is 10.2. The monoisotopic (exact) mass is 399 g/mol. The summed E-state index contributed by atoms with van der Waals surface area (Å²) in [6.45, 7) is -0.126. The molecule has 0 unspecified atom stereocenters. The van der Waals surface area contributed by atoms with Gasteiger partial charge in [0.1, 0.15) is 11.5 Å². The largest absolute Gasteiger partial charge is 0.316 e. The van der Waals surface area contributed by atoms with Crippen LogP contribution in [0.3, 0.4) is 0 Å². The molecule has 1 amide bonds. The van der Waals surface area contributed by atoms with Crippen LogP contribution in [-0.2, 0) is 18.4 Å². The number of anilines is 1. The average Bonchev–Trinajstić information content (AvgIpc) is 3.23. The van der Waals surface area contributed by atoms with Crippen molar-refractivity contribution in [1.29, 1.82) is 0 Å². The molecule has 0 aromatic carbocycles. The smallest absolute Gasteiger partial charge is 0.251 e. The third kappa shape index (κ3) is 3.36. The van der Waals surface area contributed by atoms with Crippen molar-refractivity contribution in [2.45, 2.75) is 6.54 Å². The van der Waals surface area contributed by atoms with E-state index in [2.05, 4.69) is 15.4 Å². The molecular formula is C18H14ClN5O2S. The zero-order valence-corrected chi connectivity index (χ0v) is 15.8. The van der Waals surface area contributed by atoms with Crippen molar-refractivity contribution in [2.24, 2.45) is 7.05 Å². The SMILES string of the molecule is Cn1ccc(-c2c(Cl)csc2NC(=O)Cn2c(=O)ccc3ncccc32)n1. The molecule has 0 saturated carbocycles. The Hall–Kier alpha value is -2.97. The maximum atomic E-state index is 12.6. The van der Waals surface area contributed by atoms with Crippen molar-refractivity contribution in [3.8, 4) is 11.3 Å². The van der Waals surface area contributed by atoms with Gasteiger partial charge >= 0.3 is 0 Å². The van der Waals surface area contributed by atoms with E-state index in [9.17, 15) is 9.59 Å². The van der Waals surface area contributed by atoms with Crippen LogP contribution in [0.4, 0.5) is 5.00 Å². The number of pyridine rings is 2. The minimum atomic E-state index is -0.329. The van der Waals surface area contributed by atoms with Gasteiger partial charge in [-0.3, -0.25) is 23.8 Å². The summed E-state index contributed by atoms with van der Waals surface area (Å²) >= 11 is 7.60. The van der Waals surface area contributed by atoms with Crippen LogP contribution in [0.5, 0.6) is 0 Å². The average molecular weight is 400 g/mol. The topological polar surface area (TPSA) is 81.8 Å². The van der Waals surface area contributed by atoms with Gasteiger partial charge < -0.3 is 5.32 Å². The molecule has 27 heavy (non-hydrogen) atoms. The van der Waals surface area contributed by atoms with E-state index in [0.29, 0.717) is 32.3 Å². The second-order valence-electron chi connectivity index (χ2n) is 5.88. The minimum absolute atomic E-state index is 0.126. The predicted molar refractivity (Wildman–Crippen MR) is 106 cm³/mol. The second kappa shape index (κ2) is 6.98. The summed E-state index contributed by atoms with van der Waals surface area (Å²) in [5.74, 6) is -0.329. The molecule has 1 N–H and O–H groups in total. The van der Waals surface area contributed by atoms with Gasteiger partial charge in [0.25, 0.3) is 5.56 Å². The number of nitrogens with zero attached hydrogens (tertiary/aromatic N) is 4. The first-order valence-corrected chi connectivity index (χ1v) is 9.30. The van der Waals surface area contributed by atoms with Crippen LogP contribution >= 0.6 is 22.9 Å². The van der Waals surface area contributed by atoms with Gasteiger partial charge in [-0.05, 0) is 24.3 Å². The fraction of sp³-hybridized carbons (Fsp3) is 0.111. The zero-order chi connectivity index (χ0) is 19.0. The number of amides is 1. The van der Waals surface area contributed by atoms with Gasteiger partial charge in [-0.2, -0.15) is 5.10 Å². The number of fused-ring (bicyclic) bond motifs is 1. The van der Waals surface area contributed by atoms with Gasteiger partial charge in [0.2, 0.25) is 5.91 Å². The molecule has 0 bridgehead atoms. The number of hydrogen-bond acceptors (Lipinski definition) is 5. The van der Waals surface area contributed by atoms with Crippen LogP contribution in [0.2, 0.25) is 5.02 Å². The Kier molecular flexibility index (Phi) is 4.51. The van der Waals surface area contributed by atoms with E-state index in [0.717, 1.165) is 0 Å². The standard InChI is InChI=1S/C18H14ClN5O2S/c1-23-8-6-13(22-23)17-11(19)10-27-18(17)21-15(25)9-24-14-3-2-7-20-12(14)4-5-16(24)26/h2-8,10H,9H2,1H3,(H,21,25). The lowest BCUT2D eigenvalue weighted by Crippen LogP contribution is -2.27. The van der Waals surface area contributed by atoms with Gasteiger partial charge in [0.15, 0.2) is 0 Å². The molecular weight excluding hydrogens is 386 g/mol. The van der Waals surface area contributed by atoms with Gasteiger partial charge in [0.05, 0.1) is 27.3 Å². The summed E-state index contributed by atoms with van der Waals surface area (Å²) in [6.07, 6.45) is 3.45. The number of carbonyl (C=O) groups is 1. The Morgan fingerprint density at radius 2 is 2.15 bits per heavy atom. The van der Waals surface area contributed by atoms with E-state index in [1.807, 2.05) is 13.1 Å². The van der Waals surface area contributed by atoms with Gasteiger partial charge in [-0.25, -0.2) is 0 Å². The maximum Gasteiger partial charge on any atom is 0.251 e. The van der Waals surface area contributed by atoms with Crippen molar-refractivity contribution < 1.29 is 4.79 Å². The molecule has 0 fully saturated rings. The summed E-state index contributed by atoms with van der Waals surface area (Å²) in [5.41, 5.74) is 2.33. The third-order valence-electron chi connectivity index (χ3n) is 4.03. The van der Waals surface area contributed by atoms with E-state index >= 15 is 0 Å². The molecule has 0 spiro atoms. The summed E-state index contributed by atoms with van der Waals surface area (Å²) in [4.78, 5) is 29.1. The zero-order valence-electron chi connectivity index (χ0n) is 14.2. The molecule has 9 heteroatoms. The number of halogens is 1. The van der Waals surface area contributed by atoms with E-state index in [1.54, 1.807) is 40.7 Å². The fourth-order valence-corrected chi connectivity index (χ4v) is 4.04. The fourth-order valence-electron chi connectivity index (χ4n) is 2.81. The summed E-state index contributed by atoms with van der Waals surface area (Å²) in [7, 11) is 1.81. The lowest BCUT2D eigenvalue weighted by molar-refractivity contribution is -0.116. The number of rotatable bonds is 4. The first-order valence-electron chi connectivity index (χ1n) is 8.04. The normalized spacial score (nSPS) is 11.0. The Morgan fingerprint density at radius 3 is 2.93 bits per heavy atom. The summed E-state index contributed by atoms with van der Waals surface area (Å²) < 4.78 is 3.06. The number of hydrogen-bond donors (Lipinski definition) is 1. The minimum Gasteiger partial charge on any atom is -0.316 e. The highest BCUT2D eigenvalue weighted by atomic mass is 35.5. The molecule has 4 aromatic heterocycles. The second-order valence-corrected chi connectivity index (χ2v) is 7.16. The van der Waals surface area contributed by atoms with Gasteiger partial charge in [-0.1, -0.05) is 11.6 Å². The lowest BCUT2D eigenvalue weighted by Gasteiger charge is -2.10. The van der Waals surface area contributed by atoms with E-state index in [4.69, 9.17) is 11.6 Å². The van der Waals surface area contributed by atoms with Crippen LogP contribution in [-0.4, -0.2) is 25.2 Å². The predicted octanol–water partition coefficient (Wildman–Crippen LogP) is 3.15. The highest BCUT2D eigenvalue weighted by Gasteiger charge is 2.17. The van der Waals surface area contributed by atoms with Crippen molar-refractivity contribution in [1.82, 2.24) is 19.3 Å². The summed E-state index contributed by atoms with van der Waals surface area (Å²) in [6, 6.07) is 8.37. The number of carbonyl (C=O) groups excluding carboxylic acids is 1. The van der Waals surface area contributed by atoms with E-state index in [1.165, 1.54) is 22.0 Å². The van der Waals surface area contributed by atoms with Crippen molar-refractivity contribution in [2.75, 3.05) is 5.32 Å². The number of thiophene rings is 1. The quantitative estimate of drug-likeness (QED) is 0.571. The Balaban J connectivity index is 1.64. The molecule has 0 radical (unpaired) electrons. The molecule has 4 rings (SSSR count). The molecule has 7 nitrogen and oxygen atoms in total. The number of aryl methyl sites for hydroxylation is 1. The Labute approximate surface area is 162 Å². The van der Waals surface area contributed by atoms with Gasteiger partial charge in [0, 0.05) is 30.9 Å². The molecule has 0 aliphatic rings. The number of aromatic nitrogens is 4. The van der Waals surface area contributed by atoms with Crippen LogP contribution < -0.4 is 10.9 Å². The van der Waals surface area contributed by atoms with Crippen LogP contribution in [0.15, 0.2) is 52.9 Å². The third-order valence-corrected chi connectivity index (χ3v) is 5.35. The molecule has 4 aromatic rings. The van der Waals surface area contributed by atoms with E-state index < -0.39 is 0 Å². The highest BCUT2D eigenvalue weighted by Crippen LogP contribution is 2.39. The molecule has 0 saturated heterocycles. The Bertz CT molecular complexity index is 1210.